The highest BCUT2D eigenvalue weighted by atomic mass is 79.9. The first-order chi connectivity index (χ1) is 9.32. The Kier molecular flexibility index (Phi) is 3.05. The van der Waals surface area contributed by atoms with Gasteiger partial charge in [-0.15, -0.1) is 0 Å². The lowest BCUT2D eigenvalue weighted by Gasteiger charge is -2.46. The summed E-state index contributed by atoms with van der Waals surface area (Å²) in [5.74, 6) is -1.28. The Hall–Kier alpha value is -0.840. The van der Waals surface area contributed by atoms with E-state index in [4.69, 9.17) is 0 Å². The molecule has 0 aromatic heterocycles. The summed E-state index contributed by atoms with van der Waals surface area (Å²) in [5, 5.41) is 19.5. The van der Waals surface area contributed by atoms with E-state index in [2.05, 4.69) is 15.9 Å². The van der Waals surface area contributed by atoms with E-state index >= 15 is 0 Å². The molecule has 0 aliphatic heterocycles. The average Bonchev–Trinajstić information content (AvgIpc) is 3.25. The highest BCUT2D eigenvalue weighted by molar-refractivity contribution is 9.09. The van der Waals surface area contributed by atoms with Crippen molar-refractivity contribution >= 4 is 27.9 Å². The lowest BCUT2D eigenvalue weighted by atomic mass is 9.61. The summed E-state index contributed by atoms with van der Waals surface area (Å²) in [6.45, 7) is 1.65. The number of alkyl halides is 1. The van der Waals surface area contributed by atoms with Crippen LogP contribution >= 0.6 is 15.9 Å². The molecule has 3 rings (SSSR count). The molecule has 3 aliphatic rings. The standard InChI is InChI=1S/C15H19BrO4/c1-14(12(17)18)6-9(8-2-3-8)7-15(11(14)16,13(19)20)10-4-5-10/h6,8,10-11H,2-5,7H2,1H3,(H,17,18)(H,19,20). The molecule has 0 radical (unpaired) electrons. The van der Waals surface area contributed by atoms with Gasteiger partial charge in [0, 0.05) is 0 Å². The van der Waals surface area contributed by atoms with Crippen molar-refractivity contribution in [3.05, 3.63) is 11.6 Å². The van der Waals surface area contributed by atoms with Gasteiger partial charge in [-0.2, -0.15) is 0 Å². The number of allylic oxidation sites excluding steroid dienone is 1. The zero-order chi connectivity index (χ0) is 14.7. The van der Waals surface area contributed by atoms with Crippen LogP contribution in [0.2, 0.25) is 0 Å². The number of aliphatic carboxylic acids is 2. The number of hydrogen-bond acceptors (Lipinski definition) is 2. The number of carboxylic acids is 2. The summed E-state index contributed by atoms with van der Waals surface area (Å²) in [6, 6.07) is 0. The topological polar surface area (TPSA) is 74.6 Å². The first kappa shape index (κ1) is 14.1. The number of halogens is 1. The predicted octanol–water partition coefficient (Wildman–Crippen LogP) is 3.06. The molecule has 0 heterocycles. The molecule has 0 spiro atoms. The first-order valence-corrected chi connectivity index (χ1v) is 8.06. The second-order valence-corrected chi connectivity index (χ2v) is 7.66. The van der Waals surface area contributed by atoms with Gasteiger partial charge in [0.05, 0.1) is 15.7 Å². The molecule has 2 N–H and O–H groups in total. The quantitative estimate of drug-likeness (QED) is 0.608. The van der Waals surface area contributed by atoms with Crippen LogP contribution in [0.15, 0.2) is 11.6 Å². The fourth-order valence-electron chi connectivity index (χ4n) is 3.67. The summed E-state index contributed by atoms with van der Waals surface area (Å²) in [7, 11) is 0. The molecule has 0 aromatic rings. The third-order valence-corrected chi connectivity index (χ3v) is 7.00. The highest BCUT2D eigenvalue weighted by Crippen LogP contribution is 2.62. The lowest BCUT2D eigenvalue weighted by molar-refractivity contribution is -0.156. The van der Waals surface area contributed by atoms with Crippen molar-refractivity contribution in [1.82, 2.24) is 0 Å². The van der Waals surface area contributed by atoms with Crippen molar-refractivity contribution in [1.29, 1.82) is 0 Å². The molecule has 0 saturated heterocycles. The second-order valence-electron chi connectivity index (χ2n) is 6.74. The largest absolute Gasteiger partial charge is 0.481 e. The minimum Gasteiger partial charge on any atom is -0.481 e. The first-order valence-electron chi connectivity index (χ1n) is 7.15. The van der Waals surface area contributed by atoms with E-state index in [1.54, 1.807) is 6.92 Å². The van der Waals surface area contributed by atoms with Gasteiger partial charge >= 0.3 is 11.9 Å². The van der Waals surface area contributed by atoms with Crippen LogP contribution < -0.4 is 0 Å². The molecule has 3 atom stereocenters. The maximum atomic E-state index is 12.0. The zero-order valence-electron chi connectivity index (χ0n) is 11.4. The molecule has 3 aliphatic carbocycles. The monoisotopic (exact) mass is 342 g/mol. The SMILES string of the molecule is CC1(C(=O)O)C=C(C2CC2)CC(C(=O)O)(C2CC2)C1Br. The summed E-state index contributed by atoms with van der Waals surface area (Å²) in [5.41, 5.74) is -1.04. The van der Waals surface area contributed by atoms with Gasteiger partial charge in [0.1, 0.15) is 0 Å². The third kappa shape index (κ3) is 1.85. The lowest BCUT2D eigenvalue weighted by Crippen LogP contribution is -2.54. The fraction of sp³-hybridized carbons (Fsp3) is 0.733. The van der Waals surface area contributed by atoms with Crippen molar-refractivity contribution in [2.75, 3.05) is 0 Å². The molecule has 2 saturated carbocycles. The van der Waals surface area contributed by atoms with Gasteiger partial charge in [0.25, 0.3) is 0 Å². The van der Waals surface area contributed by atoms with E-state index in [1.807, 2.05) is 6.08 Å². The molecular weight excluding hydrogens is 324 g/mol. The predicted molar refractivity (Wildman–Crippen MR) is 76.7 cm³/mol. The van der Waals surface area contributed by atoms with Crippen LogP contribution in [0, 0.1) is 22.7 Å². The number of carboxylic acid groups (broad SMARTS) is 2. The number of carbonyl (C=O) groups is 2. The summed E-state index contributed by atoms with van der Waals surface area (Å²) in [4.78, 5) is 23.2. The molecule has 20 heavy (non-hydrogen) atoms. The molecule has 3 unspecified atom stereocenters. The average molecular weight is 343 g/mol. The smallest absolute Gasteiger partial charge is 0.314 e. The van der Waals surface area contributed by atoms with Gasteiger partial charge < -0.3 is 10.2 Å². The van der Waals surface area contributed by atoms with Crippen molar-refractivity contribution in [2.45, 2.75) is 43.9 Å². The van der Waals surface area contributed by atoms with E-state index in [0.717, 1.165) is 31.3 Å². The van der Waals surface area contributed by atoms with Gasteiger partial charge in [-0.1, -0.05) is 27.6 Å². The maximum Gasteiger partial charge on any atom is 0.314 e. The van der Waals surface area contributed by atoms with Gasteiger partial charge in [0.2, 0.25) is 0 Å². The molecule has 0 bridgehead atoms. The van der Waals surface area contributed by atoms with E-state index < -0.39 is 27.6 Å². The Bertz CT molecular complexity index is 506. The van der Waals surface area contributed by atoms with E-state index in [9.17, 15) is 19.8 Å². The molecule has 110 valence electrons. The molecule has 4 nitrogen and oxygen atoms in total. The molecule has 0 aromatic carbocycles. The molecule has 5 heteroatoms. The Morgan fingerprint density at radius 3 is 2.20 bits per heavy atom. The Balaban J connectivity index is 2.10. The number of rotatable bonds is 4. The summed E-state index contributed by atoms with van der Waals surface area (Å²) < 4.78 is 0. The Morgan fingerprint density at radius 2 is 1.80 bits per heavy atom. The normalized spacial score (nSPS) is 41.1. The summed E-state index contributed by atoms with van der Waals surface area (Å²) >= 11 is 3.47. The zero-order valence-corrected chi connectivity index (χ0v) is 13.0. The second kappa shape index (κ2) is 4.33. The van der Waals surface area contributed by atoms with Crippen molar-refractivity contribution in [3.63, 3.8) is 0 Å². The van der Waals surface area contributed by atoms with Crippen LogP contribution in [-0.2, 0) is 9.59 Å². The highest BCUT2D eigenvalue weighted by Gasteiger charge is 2.64. The van der Waals surface area contributed by atoms with Crippen LogP contribution in [0.4, 0.5) is 0 Å². The number of hydrogen-bond donors (Lipinski definition) is 2. The van der Waals surface area contributed by atoms with Crippen LogP contribution in [0.3, 0.4) is 0 Å². The van der Waals surface area contributed by atoms with Crippen LogP contribution in [0.1, 0.15) is 39.0 Å². The van der Waals surface area contributed by atoms with Crippen molar-refractivity contribution in [2.24, 2.45) is 22.7 Å². The molecular formula is C15H19BrO4. The minimum atomic E-state index is -1.14. The summed E-state index contributed by atoms with van der Waals surface area (Å²) in [6.07, 6.45) is 6.25. The van der Waals surface area contributed by atoms with Gasteiger partial charge in [-0.3, -0.25) is 9.59 Å². The van der Waals surface area contributed by atoms with Gasteiger partial charge in [0.15, 0.2) is 0 Å². The van der Waals surface area contributed by atoms with Crippen LogP contribution in [0.5, 0.6) is 0 Å². The van der Waals surface area contributed by atoms with Crippen molar-refractivity contribution in [3.8, 4) is 0 Å². The van der Waals surface area contributed by atoms with E-state index in [-0.39, 0.29) is 5.92 Å². The van der Waals surface area contributed by atoms with Gasteiger partial charge in [-0.25, -0.2) is 0 Å². The Morgan fingerprint density at radius 1 is 1.20 bits per heavy atom. The van der Waals surface area contributed by atoms with Gasteiger partial charge in [-0.05, 0) is 50.9 Å². The Labute approximate surface area is 126 Å². The maximum absolute atomic E-state index is 12.0. The fourth-order valence-corrected chi connectivity index (χ4v) is 4.73. The third-order valence-electron chi connectivity index (χ3n) is 5.23. The molecule has 2 fully saturated rings. The minimum absolute atomic E-state index is 0.102. The van der Waals surface area contributed by atoms with Crippen molar-refractivity contribution < 1.29 is 19.8 Å². The van der Waals surface area contributed by atoms with E-state index in [1.165, 1.54) is 0 Å². The molecule has 0 amide bonds. The van der Waals surface area contributed by atoms with Crippen LogP contribution in [0.25, 0.3) is 0 Å². The van der Waals surface area contributed by atoms with E-state index in [0.29, 0.717) is 12.3 Å². The van der Waals surface area contributed by atoms with Crippen LogP contribution in [-0.4, -0.2) is 27.0 Å².